The smallest absolute Gasteiger partial charge is 0.175 e. The van der Waals surface area contributed by atoms with Crippen molar-refractivity contribution < 1.29 is 17.9 Å². The van der Waals surface area contributed by atoms with Crippen molar-refractivity contribution in [1.82, 2.24) is 0 Å². The second-order valence-corrected chi connectivity index (χ2v) is 5.57. The van der Waals surface area contributed by atoms with Gasteiger partial charge in [0.15, 0.2) is 9.84 Å². The van der Waals surface area contributed by atoms with Crippen LogP contribution in [-0.2, 0) is 9.84 Å². The third-order valence-corrected chi connectivity index (χ3v) is 3.36. The van der Waals surface area contributed by atoms with E-state index in [0.29, 0.717) is 0 Å². The number of sulfone groups is 1. The average Bonchev–Trinajstić information content (AvgIpc) is 2.30. The van der Waals surface area contributed by atoms with Crippen LogP contribution in [0.2, 0.25) is 0 Å². The Bertz CT molecular complexity index is 524. The lowest BCUT2D eigenvalue weighted by Gasteiger charge is -2.04. The summed E-state index contributed by atoms with van der Waals surface area (Å²) >= 11 is 5.69. The maximum Gasteiger partial charge on any atom is 0.175 e. The highest BCUT2D eigenvalue weighted by molar-refractivity contribution is 7.90. The number of aliphatic hydroxyl groups excluding tert-OH is 1. The van der Waals surface area contributed by atoms with E-state index in [1.165, 1.54) is 18.2 Å². The topological polar surface area (TPSA) is 54.4 Å². The average molecular weight is 295 g/mol. The van der Waals surface area contributed by atoms with Crippen molar-refractivity contribution in [2.45, 2.75) is 18.7 Å². The van der Waals surface area contributed by atoms with E-state index in [4.69, 9.17) is 16.7 Å². The van der Waals surface area contributed by atoms with Gasteiger partial charge in [0.2, 0.25) is 0 Å². The second-order valence-electron chi connectivity index (χ2n) is 3.15. The first-order valence-corrected chi connectivity index (χ1v) is 7.59. The largest absolute Gasteiger partial charge is 0.392 e. The zero-order valence-electron chi connectivity index (χ0n) is 10.4. The zero-order valence-corrected chi connectivity index (χ0v) is 12.0. The molecule has 0 bridgehead atoms. The molecule has 0 atom stereocenters. The maximum atomic E-state index is 13.5. The molecule has 0 aliphatic rings. The summed E-state index contributed by atoms with van der Waals surface area (Å²) < 4.78 is 35.8. The number of halogens is 2. The summed E-state index contributed by atoms with van der Waals surface area (Å²) in [7, 11) is -3.43. The summed E-state index contributed by atoms with van der Waals surface area (Å²) in [6, 6.07) is 3.43. The molecule has 0 amide bonds. The third kappa shape index (κ3) is 4.76. The molecule has 1 rings (SSSR count). The minimum absolute atomic E-state index is 0.0417. The molecular weight excluding hydrogens is 279 g/mol. The minimum Gasteiger partial charge on any atom is -0.392 e. The Morgan fingerprint density at radius 2 is 2.00 bits per heavy atom. The Balaban J connectivity index is 0.00000137. The lowest BCUT2D eigenvalue weighted by atomic mass is 10.2. The monoisotopic (exact) mass is 294 g/mol. The van der Waals surface area contributed by atoms with Crippen molar-refractivity contribution in [3.8, 4) is 0 Å². The predicted molar refractivity (Wildman–Crippen MR) is 71.8 cm³/mol. The van der Waals surface area contributed by atoms with Crippen LogP contribution in [0.1, 0.15) is 19.4 Å². The molecule has 0 radical (unpaired) electrons. The molecule has 18 heavy (non-hydrogen) atoms. The van der Waals surface area contributed by atoms with E-state index in [2.05, 4.69) is 0 Å². The molecule has 0 aliphatic carbocycles. The first-order valence-electron chi connectivity index (χ1n) is 5.32. The van der Waals surface area contributed by atoms with Gasteiger partial charge in [0.05, 0.1) is 11.5 Å². The molecule has 0 fully saturated rings. The van der Waals surface area contributed by atoms with Gasteiger partial charge in [0, 0.05) is 16.9 Å². The fraction of sp³-hybridized carbons (Fsp3) is 0.333. The van der Waals surface area contributed by atoms with Crippen LogP contribution >= 0.6 is 11.6 Å². The Hall–Kier alpha value is -0.910. The highest BCUT2D eigenvalue weighted by atomic mass is 35.5. The molecule has 0 aromatic heterocycles. The predicted octanol–water partition coefficient (Wildman–Crippen LogP) is 2.83. The molecule has 0 spiro atoms. The maximum absolute atomic E-state index is 13.5. The lowest BCUT2D eigenvalue weighted by Crippen LogP contribution is -1.99. The van der Waals surface area contributed by atoms with Gasteiger partial charge in [0.25, 0.3) is 0 Å². The van der Waals surface area contributed by atoms with Crippen LogP contribution in [0.5, 0.6) is 0 Å². The molecule has 1 aromatic carbocycles. The summed E-state index contributed by atoms with van der Waals surface area (Å²) in [4.78, 5) is -0.109. The van der Waals surface area contributed by atoms with Crippen molar-refractivity contribution in [2.75, 3.05) is 12.9 Å². The number of aliphatic hydroxyl groups is 1. The van der Waals surface area contributed by atoms with E-state index in [1.54, 1.807) is 0 Å². The Morgan fingerprint density at radius 1 is 1.44 bits per heavy atom. The quantitative estimate of drug-likeness (QED) is 0.932. The van der Waals surface area contributed by atoms with Gasteiger partial charge in [-0.25, -0.2) is 12.8 Å². The fourth-order valence-electron chi connectivity index (χ4n) is 1.11. The van der Waals surface area contributed by atoms with Gasteiger partial charge in [-0.3, -0.25) is 0 Å². The van der Waals surface area contributed by atoms with Gasteiger partial charge in [-0.15, -0.1) is 0 Å². The summed E-state index contributed by atoms with van der Waals surface area (Å²) in [5.74, 6) is -0.738. The van der Waals surface area contributed by atoms with Gasteiger partial charge in [0.1, 0.15) is 5.82 Å². The van der Waals surface area contributed by atoms with Crippen molar-refractivity contribution in [3.63, 3.8) is 0 Å². The van der Waals surface area contributed by atoms with E-state index in [9.17, 15) is 12.8 Å². The van der Waals surface area contributed by atoms with Gasteiger partial charge in [-0.1, -0.05) is 25.4 Å². The van der Waals surface area contributed by atoms with E-state index in [1.807, 2.05) is 13.8 Å². The molecule has 3 nitrogen and oxygen atoms in total. The highest BCUT2D eigenvalue weighted by Crippen LogP contribution is 2.24. The van der Waals surface area contributed by atoms with Crippen LogP contribution in [-0.4, -0.2) is 26.4 Å². The standard InChI is InChI=1S/C10H10ClFO3S.C2H6/c1-16(14,15)7-2-3-8(10(12)6-7)9(11)4-5-13;1-2/h2-4,6,13H,5H2,1H3;1-2H3/b9-4+;. The third-order valence-electron chi connectivity index (χ3n) is 1.90. The molecule has 1 N–H and O–H groups in total. The van der Waals surface area contributed by atoms with Gasteiger partial charge in [-0.2, -0.15) is 0 Å². The van der Waals surface area contributed by atoms with Crippen LogP contribution in [0.15, 0.2) is 29.2 Å². The Kier molecular flexibility index (Phi) is 7.13. The molecule has 0 saturated heterocycles. The molecule has 6 heteroatoms. The van der Waals surface area contributed by atoms with Crippen LogP contribution in [0.25, 0.3) is 5.03 Å². The minimum atomic E-state index is -3.43. The summed E-state index contributed by atoms with van der Waals surface area (Å²) in [6.07, 6.45) is 2.21. The highest BCUT2D eigenvalue weighted by Gasteiger charge is 2.12. The van der Waals surface area contributed by atoms with E-state index < -0.39 is 15.7 Å². The van der Waals surface area contributed by atoms with Gasteiger partial charge < -0.3 is 5.11 Å². The van der Waals surface area contributed by atoms with Crippen LogP contribution < -0.4 is 0 Å². The number of rotatable bonds is 3. The van der Waals surface area contributed by atoms with E-state index >= 15 is 0 Å². The van der Waals surface area contributed by atoms with E-state index in [-0.39, 0.29) is 22.1 Å². The fourth-order valence-corrected chi connectivity index (χ4v) is 1.97. The first-order chi connectivity index (χ1) is 8.36. The molecule has 0 aliphatic heterocycles. The van der Waals surface area contributed by atoms with Crippen molar-refractivity contribution in [2.24, 2.45) is 0 Å². The summed E-state index contributed by atoms with van der Waals surface area (Å²) in [5.41, 5.74) is 0.0584. The second kappa shape index (κ2) is 7.51. The summed E-state index contributed by atoms with van der Waals surface area (Å²) in [5, 5.41) is 8.64. The van der Waals surface area contributed by atoms with Crippen LogP contribution in [0.3, 0.4) is 0 Å². The molecule has 0 saturated carbocycles. The number of benzene rings is 1. The number of hydrogen-bond donors (Lipinski definition) is 1. The molecule has 102 valence electrons. The first kappa shape index (κ1) is 17.1. The van der Waals surface area contributed by atoms with Crippen molar-refractivity contribution in [1.29, 1.82) is 0 Å². The Morgan fingerprint density at radius 3 is 2.39 bits per heavy atom. The van der Waals surface area contributed by atoms with Gasteiger partial charge >= 0.3 is 0 Å². The zero-order chi connectivity index (χ0) is 14.3. The normalized spacial score (nSPS) is 11.8. The van der Waals surface area contributed by atoms with Crippen LogP contribution in [0.4, 0.5) is 4.39 Å². The van der Waals surface area contributed by atoms with Crippen molar-refractivity contribution in [3.05, 3.63) is 35.7 Å². The van der Waals surface area contributed by atoms with Gasteiger partial charge in [-0.05, 0) is 24.3 Å². The van der Waals surface area contributed by atoms with Crippen molar-refractivity contribution >= 4 is 26.5 Å². The lowest BCUT2D eigenvalue weighted by molar-refractivity contribution is 0.343. The van der Waals surface area contributed by atoms with Crippen LogP contribution in [0, 0.1) is 5.82 Å². The Labute approximate surface area is 112 Å². The molecule has 1 aromatic rings. The summed E-state index contributed by atoms with van der Waals surface area (Å²) in [6.45, 7) is 3.69. The molecule has 0 heterocycles. The van der Waals surface area contributed by atoms with E-state index in [0.717, 1.165) is 12.3 Å². The SMILES string of the molecule is CC.CS(=O)(=O)c1ccc(/C(Cl)=C\CO)c(F)c1. The molecular formula is C12H16ClFO3S. The molecule has 0 unspecified atom stereocenters. The number of hydrogen-bond acceptors (Lipinski definition) is 3.